The van der Waals surface area contributed by atoms with Gasteiger partial charge in [0.2, 0.25) is 5.67 Å². The molecule has 3 heteroatoms. The molecule has 4 rings (SSSR count). The maximum atomic E-state index is 16.1. The normalized spacial score (nSPS) is 22.2. The van der Waals surface area contributed by atoms with Gasteiger partial charge in [-0.3, -0.25) is 4.79 Å². The maximum absolute atomic E-state index is 16.1. The Morgan fingerprint density at radius 1 is 0.923 bits per heavy atom. The van der Waals surface area contributed by atoms with Crippen molar-refractivity contribution >= 4 is 5.91 Å². The first-order valence-electron chi connectivity index (χ1n) is 8.76. The van der Waals surface area contributed by atoms with E-state index in [1.165, 1.54) is 0 Å². The molecule has 1 fully saturated rings. The summed E-state index contributed by atoms with van der Waals surface area (Å²) in [6.07, 6.45) is 0. The second kappa shape index (κ2) is 6.41. The standard InChI is InChI=1S/C23H20FNO/c1-17-9-8-14-20(15-17)23(24)21(19-12-6-3-7-13-19)25(22(23)26)16-18-10-4-2-5-11-18/h2-15,21H,16H2,1H3/t21-,23+/m1/s1. The fourth-order valence-electron chi connectivity index (χ4n) is 3.73. The van der Waals surface area contributed by atoms with Crippen molar-refractivity contribution in [1.29, 1.82) is 0 Å². The van der Waals surface area contributed by atoms with E-state index in [1.807, 2.05) is 73.7 Å². The van der Waals surface area contributed by atoms with Gasteiger partial charge < -0.3 is 4.90 Å². The van der Waals surface area contributed by atoms with E-state index >= 15 is 4.39 Å². The fraction of sp³-hybridized carbons (Fsp3) is 0.174. The molecule has 0 spiro atoms. The Bertz CT molecular complexity index is 925. The quantitative estimate of drug-likeness (QED) is 0.613. The first-order valence-corrected chi connectivity index (χ1v) is 8.76. The number of carbonyl (C=O) groups excluding carboxylic acids is 1. The molecule has 0 radical (unpaired) electrons. The fourth-order valence-corrected chi connectivity index (χ4v) is 3.73. The van der Waals surface area contributed by atoms with Crippen molar-refractivity contribution in [1.82, 2.24) is 4.90 Å². The molecule has 1 saturated heterocycles. The van der Waals surface area contributed by atoms with Gasteiger partial charge in [-0.25, -0.2) is 4.39 Å². The molecule has 0 N–H and O–H groups in total. The molecule has 0 aliphatic carbocycles. The van der Waals surface area contributed by atoms with Crippen LogP contribution in [0, 0.1) is 6.92 Å². The van der Waals surface area contributed by atoms with Gasteiger partial charge in [-0.15, -0.1) is 0 Å². The van der Waals surface area contributed by atoms with Gasteiger partial charge in [0, 0.05) is 12.1 Å². The van der Waals surface area contributed by atoms with Crippen molar-refractivity contribution in [2.24, 2.45) is 0 Å². The van der Waals surface area contributed by atoms with Crippen LogP contribution in [0.5, 0.6) is 0 Å². The number of rotatable bonds is 4. The number of hydrogen-bond donors (Lipinski definition) is 0. The van der Waals surface area contributed by atoms with Crippen LogP contribution >= 0.6 is 0 Å². The lowest BCUT2D eigenvalue weighted by molar-refractivity contribution is -0.181. The Morgan fingerprint density at radius 2 is 1.58 bits per heavy atom. The number of halogens is 1. The summed E-state index contributed by atoms with van der Waals surface area (Å²) in [7, 11) is 0. The Morgan fingerprint density at radius 3 is 2.23 bits per heavy atom. The van der Waals surface area contributed by atoms with Gasteiger partial charge in [-0.2, -0.15) is 0 Å². The molecule has 1 amide bonds. The van der Waals surface area contributed by atoms with Gasteiger partial charge in [0.1, 0.15) is 6.04 Å². The SMILES string of the molecule is Cc1cccc([C@@]2(F)C(=O)N(Cc3ccccc3)[C@@H]2c2ccccc2)c1. The molecule has 3 aromatic carbocycles. The van der Waals surface area contributed by atoms with E-state index in [-0.39, 0.29) is 0 Å². The van der Waals surface area contributed by atoms with E-state index in [1.54, 1.807) is 23.1 Å². The minimum Gasteiger partial charge on any atom is -0.324 e. The molecule has 130 valence electrons. The van der Waals surface area contributed by atoms with Gasteiger partial charge >= 0.3 is 0 Å². The average molecular weight is 345 g/mol. The monoisotopic (exact) mass is 345 g/mol. The van der Waals surface area contributed by atoms with Crippen molar-refractivity contribution < 1.29 is 9.18 Å². The summed E-state index contributed by atoms with van der Waals surface area (Å²) in [4.78, 5) is 14.6. The molecule has 2 nitrogen and oxygen atoms in total. The van der Waals surface area contributed by atoms with Gasteiger partial charge in [0.15, 0.2) is 0 Å². The predicted octanol–water partition coefficient (Wildman–Crippen LogP) is 4.94. The minimum atomic E-state index is -2.03. The molecule has 26 heavy (non-hydrogen) atoms. The zero-order valence-corrected chi connectivity index (χ0v) is 14.6. The molecule has 3 aromatic rings. The van der Waals surface area contributed by atoms with Gasteiger partial charge in [-0.05, 0) is 18.1 Å². The van der Waals surface area contributed by atoms with E-state index in [4.69, 9.17) is 0 Å². The minimum absolute atomic E-state index is 0.400. The largest absolute Gasteiger partial charge is 0.324 e. The van der Waals surface area contributed by atoms with Crippen LogP contribution in [0.25, 0.3) is 0 Å². The molecular weight excluding hydrogens is 325 g/mol. The summed E-state index contributed by atoms with van der Waals surface area (Å²) < 4.78 is 16.1. The third kappa shape index (κ3) is 2.60. The third-order valence-electron chi connectivity index (χ3n) is 5.01. The topological polar surface area (TPSA) is 20.3 Å². The maximum Gasteiger partial charge on any atom is 0.268 e. The van der Waals surface area contributed by atoms with Gasteiger partial charge in [-0.1, -0.05) is 90.5 Å². The highest BCUT2D eigenvalue weighted by atomic mass is 19.1. The Kier molecular flexibility index (Phi) is 4.08. The van der Waals surface area contributed by atoms with Crippen LogP contribution < -0.4 is 0 Å². The molecular formula is C23H20FNO. The Labute approximate surface area is 152 Å². The zero-order chi connectivity index (χ0) is 18.1. The van der Waals surface area contributed by atoms with E-state index in [2.05, 4.69) is 0 Å². The molecule has 2 atom stereocenters. The second-order valence-electron chi connectivity index (χ2n) is 6.81. The lowest BCUT2D eigenvalue weighted by Gasteiger charge is -2.51. The van der Waals surface area contributed by atoms with Crippen LogP contribution in [-0.2, 0) is 17.0 Å². The average Bonchev–Trinajstić information content (AvgIpc) is 2.68. The number of likely N-dealkylation sites (tertiary alicyclic amines) is 1. The second-order valence-corrected chi connectivity index (χ2v) is 6.81. The summed E-state index contributed by atoms with van der Waals surface area (Å²) in [5, 5.41) is 0. The Hall–Kier alpha value is -2.94. The van der Waals surface area contributed by atoms with E-state index in [0.717, 1.165) is 16.7 Å². The molecule has 1 aliphatic heterocycles. The lowest BCUT2D eigenvalue weighted by atomic mass is 9.74. The molecule has 0 bridgehead atoms. The third-order valence-corrected chi connectivity index (χ3v) is 5.01. The summed E-state index contributed by atoms with van der Waals surface area (Å²) in [6, 6.07) is 25.7. The summed E-state index contributed by atoms with van der Waals surface area (Å²) in [5.74, 6) is -0.471. The first kappa shape index (κ1) is 16.5. The number of benzene rings is 3. The molecule has 1 heterocycles. The van der Waals surface area contributed by atoms with Gasteiger partial charge in [0.25, 0.3) is 5.91 Å². The van der Waals surface area contributed by atoms with Crippen molar-refractivity contribution in [3.8, 4) is 0 Å². The van der Waals surface area contributed by atoms with Crippen molar-refractivity contribution in [2.75, 3.05) is 0 Å². The van der Waals surface area contributed by atoms with Crippen molar-refractivity contribution in [3.63, 3.8) is 0 Å². The number of amides is 1. The van der Waals surface area contributed by atoms with Crippen LogP contribution in [0.3, 0.4) is 0 Å². The highest BCUT2D eigenvalue weighted by Gasteiger charge is 2.63. The number of β-lactam (4-membered cyclic amide) rings is 1. The molecule has 0 unspecified atom stereocenters. The molecule has 0 aromatic heterocycles. The summed E-state index contributed by atoms with van der Waals surface area (Å²) in [6.45, 7) is 2.31. The highest BCUT2D eigenvalue weighted by Crippen LogP contribution is 2.53. The Balaban J connectivity index is 1.76. The van der Waals surface area contributed by atoms with Crippen LogP contribution in [-0.4, -0.2) is 10.8 Å². The summed E-state index contributed by atoms with van der Waals surface area (Å²) in [5.41, 5.74) is 1.16. The smallest absolute Gasteiger partial charge is 0.268 e. The number of hydrogen-bond acceptors (Lipinski definition) is 1. The van der Waals surface area contributed by atoms with E-state index < -0.39 is 17.6 Å². The van der Waals surface area contributed by atoms with Crippen LogP contribution in [0.1, 0.15) is 28.3 Å². The molecule has 0 saturated carbocycles. The first-order chi connectivity index (χ1) is 12.6. The van der Waals surface area contributed by atoms with Crippen LogP contribution in [0.4, 0.5) is 4.39 Å². The number of nitrogens with zero attached hydrogens (tertiary/aromatic N) is 1. The number of carbonyl (C=O) groups is 1. The number of aryl methyl sites for hydroxylation is 1. The molecule has 1 aliphatic rings. The zero-order valence-electron chi connectivity index (χ0n) is 14.6. The van der Waals surface area contributed by atoms with Crippen LogP contribution in [0.15, 0.2) is 84.9 Å². The van der Waals surface area contributed by atoms with E-state index in [9.17, 15) is 4.79 Å². The van der Waals surface area contributed by atoms with E-state index in [0.29, 0.717) is 12.1 Å². The van der Waals surface area contributed by atoms with Crippen LogP contribution in [0.2, 0.25) is 0 Å². The van der Waals surface area contributed by atoms with Crippen molar-refractivity contribution in [2.45, 2.75) is 25.2 Å². The number of alkyl halides is 1. The van der Waals surface area contributed by atoms with Gasteiger partial charge in [0.05, 0.1) is 0 Å². The summed E-state index contributed by atoms with van der Waals surface area (Å²) >= 11 is 0. The lowest BCUT2D eigenvalue weighted by Crippen LogP contribution is -2.63. The predicted molar refractivity (Wildman–Crippen MR) is 100 cm³/mol. The highest BCUT2D eigenvalue weighted by molar-refractivity contribution is 5.94. The van der Waals surface area contributed by atoms with Crippen molar-refractivity contribution in [3.05, 3.63) is 107 Å².